The predicted molar refractivity (Wildman–Crippen MR) is 89.6 cm³/mol. The van der Waals surface area contributed by atoms with E-state index in [9.17, 15) is 24.0 Å². The molecule has 0 radical (unpaired) electrons. The normalized spacial score (nSPS) is 19.0. The zero-order valence-corrected chi connectivity index (χ0v) is 14.9. The maximum absolute atomic E-state index is 11.0. The maximum atomic E-state index is 11.0. The molecule has 1 unspecified atom stereocenters. The van der Waals surface area contributed by atoms with Crippen LogP contribution in [0.1, 0.15) is 26.2 Å². The van der Waals surface area contributed by atoms with Crippen LogP contribution in [0.2, 0.25) is 0 Å². The van der Waals surface area contributed by atoms with Crippen molar-refractivity contribution in [3.63, 3.8) is 0 Å². The molecule has 0 spiro atoms. The highest BCUT2D eigenvalue weighted by molar-refractivity contribution is 8.00. The highest BCUT2D eigenvalue weighted by atomic mass is 32.2. The molecule has 1 saturated heterocycles. The number of hydrogen-bond donors (Lipinski definition) is 3. The number of thioether (sulfide) groups is 1. The quantitative estimate of drug-likeness (QED) is 0.395. The number of ether oxygens (including phenoxy) is 1. The number of nitrogens with zero attached hydrogens (tertiary/aromatic N) is 1. The average Bonchev–Trinajstić information content (AvgIpc) is 2.50. The van der Waals surface area contributed by atoms with Crippen LogP contribution in [0.3, 0.4) is 0 Å². The minimum absolute atomic E-state index is 0.0774. The van der Waals surface area contributed by atoms with E-state index >= 15 is 0 Å². The number of primary amides is 1. The first kappa shape index (κ1) is 21.5. The van der Waals surface area contributed by atoms with Crippen molar-refractivity contribution in [3.8, 4) is 0 Å². The molecule has 144 valence electrons. The maximum Gasteiger partial charge on any atom is 0.352 e. The third kappa shape index (κ3) is 6.75. The van der Waals surface area contributed by atoms with Gasteiger partial charge in [-0.3, -0.25) is 24.1 Å². The summed E-state index contributed by atoms with van der Waals surface area (Å²) in [6, 6.07) is 0. The van der Waals surface area contributed by atoms with Gasteiger partial charge in [0, 0.05) is 25.0 Å². The van der Waals surface area contributed by atoms with Crippen molar-refractivity contribution in [2.45, 2.75) is 31.6 Å². The molecule has 2 atom stereocenters. The van der Waals surface area contributed by atoms with Crippen molar-refractivity contribution in [1.82, 2.24) is 4.90 Å². The smallest absolute Gasteiger partial charge is 0.352 e. The molecule has 0 saturated carbocycles. The summed E-state index contributed by atoms with van der Waals surface area (Å²) in [5.74, 6) is -3.12. The Labute approximate surface area is 153 Å². The molecule has 2 aliphatic heterocycles. The van der Waals surface area contributed by atoms with Gasteiger partial charge in [0.05, 0.1) is 24.8 Å². The number of hydrogen-bond acceptors (Lipinski definition) is 7. The molecular formula is C15H20N2O8S. The summed E-state index contributed by atoms with van der Waals surface area (Å²) in [5.41, 5.74) is 5.05. The Morgan fingerprint density at radius 3 is 2.42 bits per heavy atom. The van der Waals surface area contributed by atoms with Crippen molar-refractivity contribution in [2.75, 3.05) is 12.4 Å². The predicted octanol–water partition coefficient (Wildman–Crippen LogP) is -0.224. The van der Waals surface area contributed by atoms with Crippen LogP contribution in [0.5, 0.6) is 0 Å². The number of carboxylic acid groups (broad SMARTS) is 2. The van der Waals surface area contributed by atoms with Gasteiger partial charge in [0.2, 0.25) is 11.8 Å². The zero-order valence-electron chi connectivity index (χ0n) is 14.0. The molecule has 4 N–H and O–H groups in total. The number of aliphatic carboxylic acids is 2. The third-order valence-corrected chi connectivity index (χ3v) is 4.55. The fourth-order valence-electron chi connectivity index (χ4n) is 2.29. The van der Waals surface area contributed by atoms with Crippen LogP contribution >= 0.6 is 11.8 Å². The number of carbonyl (C=O) groups excluding carboxylic acids is 3. The molecule has 0 aliphatic carbocycles. The van der Waals surface area contributed by atoms with Crippen molar-refractivity contribution in [3.05, 3.63) is 11.8 Å². The molecular weight excluding hydrogens is 368 g/mol. The lowest BCUT2D eigenvalue weighted by molar-refractivity contribution is -0.146. The van der Waals surface area contributed by atoms with Crippen molar-refractivity contribution in [1.29, 1.82) is 0 Å². The van der Waals surface area contributed by atoms with Gasteiger partial charge in [-0.2, -0.15) is 0 Å². The summed E-state index contributed by atoms with van der Waals surface area (Å²) < 4.78 is 4.60. The second kappa shape index (κ2) is 9.80. The number of amides is 2. The van der Waals surface area contributed by atoms with Crippen LogP contribution in [-0.2, 0) is 28.7 Å². The van der Waals surface area contributed by atoms with E-state index < -0.39 is 29.7 Å². The van der Waals surface area contributed by atoms with Crippen LogP contribution < -0.4 is 5.73 Å². The Kier molecular flexibility index (Phi) is 8.10. The van der Waals surface area contributed by atoms with Gasteiger partial charge in [0.25, 0.3) is 0 Å². The number of carboxylic acids is 2. The number of carbonyl (C=O) groups is 5. The van der Waals surface area contributed by atoms with E-state index in [4.69, 9.17) is 15.9 Å². The first-order valence-electron chi connectivity index (χ1n) is 7.62. The summed E-state index contributed by atoms with van der Waals surface area (Å²) in [7, 11) is 0. The average molecular weight is 388 g/mol. The number of fused-ring (bicyclic) bond motifs is 1. The fourth-order valence-corrected chi connectivity index (χ4v) is 3.41. The second-order valence-corrected chi connectivity index (χ2v) is 6.80. The molecule has 26 heavy (non-hydrogen) atoms. The topological polar surface area (TPSA) is 164 Å². The van der Waals surface area contributed by atoms with E-state index in [-0.39, 0.29) is 36.4 Å². The fraction of sp³-hybridized carbons (Fsp3) is 0.533. The summed E-state index contributed by atoms with van der Waals surface area (Å²) in [4.78, 5) is 54.3. The lowest BCUT2D eigenvalue weighted by Gasteiger charge is -2.42. The van der Waals surface area contributed by atoms with Crippen LogP contribution in [-0.4, -0.2) is 62.6 Å². The van der Waals surface area contributed by atoms with Gasteiger partial charge >= 0.3 is 17.9 Å². The monoisotopic (exact) mass is 388 g/mol. The van der Waals surface area contributed by atoms with Crippen LogP contribution in [0.15, 0.2) is 11.8 Å². The molecule has 2 heterocycles. The second-order valence-electron chi connectivity index (χ2n) is 5.59. The first-order chi connectivity index (χ1) is 12.1. The van der Waals surface area contributed by atoms with Gasteiger partial charge in [-0.1, -0.05) is 0 Å². The van der Waals surface area contributed by atoms with Crippen LogP contribution in [0.25, 0.3) is 0 Å². The van der Waals surface area contributed by atoms with E-state index in [1.807, 2.05) is 0 Å². The molecule has 2 aliphatic rings. The van der Waals surface area contributed by atoms with E-state index in [2.05, 4.69) is 4.74 Å². The van der Waals surface area contributed by atoms with Gasteiger partial charge in [-0.15, -0.1) is 11.8 Å². The summed E-state index contributed by atoms with van der Waals surface area (Å²) in [6.07, 6.45) is 1.73. The van der Waals surface area contributed by atoms with E-state index in [0.29, 0.717) is 12.2 Å². The van der Waals surface area contributed by atoms with Crippen LogP contribution in [0, 0.1) is 5.92 Å². The largest absolute Gasteiger partial charge is 0.481 e. The number of nitrogens with two attached hydrogens (primary N) is 1. The molecule has 2 amide bonds. The minimum atomic E-state index is -1.05. The molecule has 0 aromatic rings. The Morgan fingerprint density at radius 1 is 1.35 bits per heavy atom. The molecule has 0 aromatic heterocycles. The molecule has 1 fully saturated rings. The van der Waals surface area contributed by atoms with Crippen molar-refractivity contribution in [2.24, 2.45) is 11.7 Å². The number of esters is 1. The van der Waals surface area contributed by atoms with Crippen LogP contribution in [0.4, 0.5) is 0 Å². The number of rotatable bonds is 7. The minimum Gasteiger partial charge on any atom is -0.481 e. The third-order valence-electron chi connectivity index (χ3n) is 3.43. The van der Waals surface area contributed by atoms with Gasteiger partial charge in [0.15, 0.2) is 0 Å². The van der Waals surface area contributed by atoms with Gasteiger partial charge in [0.1, 0.15) is 5.70 Å². The number of β-lactam (4-membered cyclic amide) rings is 1. The summed E-state index contributed by atoms with van der Waals surface area (Å²) in [5, 5.41) is 17.3. The molecule has 10 nitrogen and oxygen atoms in total. The SMILES string of the molecule is CC(=O)OCC(CC(N)=O)CC(=O)O.O=C(O)C1=CCS[C@H]2CC(=O)N12. The Balaban J connectivity index is 0.000000262. The Hall–Kier alpha value is -2.56. The van der Waals surface area contributed by atoms with E-state index in [1.54, 1.807) is 17.8 Å². The van der Waals surface area contributed by atoms with Crippen molar-refractivity contribution >= 4 is 41.5 Å². The zero-order chi connectivity index (χ0) is 19.9. The highest BCUT2D eigenvalue weighted by Gasteiger charge is 2.42. The van der Waals surface area contributed by atoms with Gasteiger partial charge < -0.3 is 20.7 Å². The van der Waals surface area contributed by atoms with Crippen molar-refractivity contribution < 1.29 is 38.9 Å². The highest BCUT2D eigenvalue weighted by Crippen LogP contribution is 2.36. The molecule has 11 heteroatoms. The van der Waals surface area contributed by atoms with Gasteiger partial charge in [-0.05, 0) is 6.08 Å². The Bertz CT molecular complexity index is 617. The van der Waals surface area contributed by atoms with E-state index in [0.717, 1.165) is 0 Å². The Morgan fingerprint density at radius 2 is 2.00 bits per heavy atom. The van der Waals surface area contributed by atoms with Gasteiger partial charge in [-0.25, -0.2) is 4.79 Å². The molecule has 0 bridgehead atoms. The standard InChI is InChI=1S/C8H13NO5.C7H7NO3S/c1-5(10)14-4-6(2-7(9)11)3-8(12)13;9-5-3-6-8(5)4(7(10)11)1-2-12-6/h6H,2-4H2,1H3,(H2,9,11)(H,12,13);1,6H,2-3H2,(H,10,11)/t;6-/m.0/s1. The molecule has 2 rings (SSSR count). The summed E-state index contributed by atoms with van der Waals surface area (Å²) in [6.45, 7) is 1.12. The molecule has 0 aromatic carbocycles. The lowest BCUT2D eigenvalue weighted by atomic mass is 10.0. The summed E-state index contributed by atoms with van der Waals surface area (Å²) >= 11 is 1.60. The van der Waals surface area contributed by atoms with E-state index in [1.165, 1.54) is 11.8 Å². The lowest BCUT2D eigenvalue weighted by Crippen LogP contribution is -2.52. The first-order valence-corrected chi connectivity index (χ1v) is 8.67.